The number of aliphatic carboxylic acids is 1. The number of rotatable bonds is 5. The van der Waals surface area contributed by atoms with Crippen LogP contribution in [0.3, 0.4) is 0 Å². The fourth-order valence-corrected chi connectivity index (χ4v) is 3.34. The molecular formula is C17H29NO6. The Bertz CT molecular complexity index is 452. The molecule has 7 nitrogen and oxygen atoms in total. The van der Waals surface area contributed by atoms with Crippen LogP contribution in [0.15, 0.2) is 0 Å². The minimum atomic E-state index is -1.23. The molecule has 0 spiro atoms. The molecule has 2 fully saturated rings. The Morgan fingerprint density at radius 1 is 1.12 bits per heavy atom. The Hall–Kier alpha value is -1.18. The third kappa shape index (κ3) is 5.16. The molecule has 0 aromatic carbocycles. The highest BCUT2D eigenvalue weighted by molar-refractivity contribution is 5.75. The van der Waals surface area contributed by atoms with E-state index in [1.54, 1.807) is 25.8 Å². The van der Waals surface area contributed by atoms with Crippen molar-refractivity contribution < 1.29 is 29.4 Å². The number of carbonyl (C=O) groups is 2. The fourth-order valence-electron chi connectivity index (χ4n) is 3.34. The van der Waals surface area contributed by atoms with Gasteiger partial charge in [0.2, 0.25) is 0 Å². The van der Waals surface area contributed by atoms with E-state index < -0.39 is 29.7 Å². The number of carboxylic acid groups (broad SMARTS) is 1. The monoisotopic (exact) mass is 343 g/mol. The lowest BCUT2D eigenvalue weighted by molar-refractivity contribution is -0.232. The summed E-state index contributed by atoms with van der Waals surface area (Å²) in [6.07, 6.45) is 2.81. The minimum absolute atomic E-state index is 0.0490. The topological polar surface area (TPSA) is 96.3 Å². The molecule has 0 amide bonds. The van der Waals surface area contributed by atoms with Gasteiger partial charge in [-0.05, 0) is 59.3 Å². The molecule has 2 atom stereocenters. The number of hydrogen-bond donors (Lipinski definition) is 2. The van der Waals surface area contributed by atoms with Gasteiger partial charge in [-0.15, -0.1) is 0 Å². The van der Waals surface area contributed by atoms with Crippen LogP contribution >= 0.6 is 0 Å². The Morgan fingerprint density at radius 2 is 1.75 bits per heavy atom. The first-order valence-corrected chi connectivity index (χ1v) is 8.74. The number of aliphatic hydroxyl groups excluding tert-OH is 1. The lowest BCUT2D eigenvalue weighted by atomic mass is 9.87. The zero-order chi connectivity index (χ0) is 17.9. The number of carboxylic acids is 1. The van der Waals surface area contributed by atoms with Crippen molar-refractivity contribution in [1.29, 1.82) is 0 Å². The van der Waals surface area contributed by atoms with Crippen LogP contribution < -0.4 is 0 Å². The Labute approximate surface area is 142 Å². The molecule has 1 saturated heterocycles. The van der Waals surface area contributed by atoms with E-state index in [4.69, 9.17) is 14.7 Å². The smallest absolute Gasteiger partial charge is 0.337 e. The van der Waals surface area contributed by atoms with Crippen molar-refractivity contribution in [3.8, 4) is 0 Å². The second kappa shape index (κ2) is 7.80. The van der Waals surface area contributed by atoms with E-state index in [0.717, 1.165) is 6.42 Å². The van der Waals surface area contributed by atoms with Crippen molar-refractivity contribution in [2.75, 3.05) is 6.54 Å². The van der Waals surface area contributed by atoms with Gasteiger partial charge in [0.15, 0.2) is 6.10 Å². The lowest BCUT2D eigenvalue weighted by Crippen LogP contribution is -2.47. The predicted molar refractivity (Wildman–Crippen MR) is 86.0 cm³/mol. The van der Waals surface area contributed by atoms with E-state index in [1.165, 1.54) is 0 Å². The zero-order valence-electron chi connectivity index (χ0n) is 14.7. The Balaban J connectivity index is 1.87. The van der Waals surface area contributed by atoms with E-state index in [2.05, 4.69) is 0 Å². The van der Waals surface area contributed by atoms with Crippen LogP contribution in [0.25, 0.3) is 0 Å². The summed E-state index contributed by atoms with van der Waals surface area (Å²) in [5.74, 6) is -1.66. The first-order chi connectivity index (χ1) is 11.2. The summed E-state index contributed by atoms with van der Waals surface area (Å²) in [6.45, 7) is 5.95. The van der Waals surface area contributed by atoms with Gasteiger partial charge < -0.3 is 14.9 Å². The largest absolute Gasteiger partial charge is 0.481 e. The van der Waals surface area contributed by atoms with Crippen molar-refractivity contribution in [1.82, 2.24) is 5.06 Å². The normalized spacial score (nSPS) is 30.1. The average Bonchev–Trinajstić information content (AvgIpc) is 2.93. The maximum absolute atomic E-state index is 12.1. The SMILES string of the molecule is CC(C)(C)OC(=O)C(O)C1CCCN1OC1CCC(C(=O)O)CC1. The number of hydrogen-bond acceptors (Lipinski definition) is 6. The number of aliphatic hydroxyl groups is 1. The number of nitrogens with zero attached hydrogens (tertiary/aromatic N) is 1. The molecule has 1 heterocycles. The highest BCUT2D eigenvalue weighted by Gasteiger charge is 2.39. The number of esters is 1. The molecule has 2 unspecified atom stereocenters. The highest BCUT2D eigenvalue weighted by Crippen LogP contribution is 2.30. The quantitative estimate of drug-likeness (QED) is 0.734. The van der Waals surface area contributed by atoms with E-state index in [9.17, 15) is 14.7 Å². The summed E-state index contributed by atoms with van der Waals surface area (Å²) >= 11 is 0. The number of ether oxygens (including phenoxy) is 1. The van der Waals surface area contributed by atoms with Crippen LogP contribution in [0.1, 0.15) is 59.3 Å². The minimum Gasteiger partial charge on any atom is -0.481 e. The van der Waals surface area contributed by atoms with E-state index >= 15 is 0 Å². The fraction of sp³-hybridized carbons (Fsp3) is 0.882. The first-order valence-electron chi connectivity index (χ1n) is 8.74. The zero-order valence-corrected chi connectivity index (χ0v) is 14.7. The van der Waals surface area contributed by atoms with Gasteiger partial charge in [-0.1, -0.05) is 0 Å². The van der Waals surface area contributed by atoms with E-state index in [-0.39, 0.29) is 12.0 Å². The highest BCUT2D eigenvalue weighted by atomic mass is 16.7. The van der Waals surface area contributed by atoms with E-state index in [0.29, 0.717) is 38.6 Å². The molecule has 2 rings (SSSR count). The molecular weight excluding hydrogens is 314 g/mol. The maximum atomic E-state index is 12.1. The summed E-state index contributed by atoms with van der Waals surface area (Å²) < 4.78 is 5.25. The summed E-state index contributed by atoms with van der Waals surface area (Å²) in [5.41, 5.74) is -0.641. The summed E-state index contributed by atoms with van der Waals surface area (Å²) in [5, 5.41) is 21.1. The second-order valence-corrected chi connectivity index (χ2v) is 7.75. The van der Waals surface area contributed by atoms with Gasteiger partial charge in [-0.3, -0.25) is 9.63 Å². The van der Waals surface area contributed by atoms with Crippen LogP contribution in [0.4, 0.5) is 0 Å². The van der Waals surface area contributed by atoms with Crippen LogP contribution in [0.2, 0.25) is 0 Å². The molecule has 0 aromatic rings. The van der Waals surface area contributed by atoms with E-state index in [1.807, 2.05) is 0 Å². The molecule has 2 aliphatic rings. The van der Waals surface area contributed by atoms with Gasteiger partial charge in [-0.2, -0.15) is 5.06 Å². The van der Waals surface area contributed by atoms with Gasteiger partial charge in [0.05, 0.1) is 18.1 Å². The van der Waals surface area contributed by atoms with Crippen molar-refractivity contribution in [3.05, 3.63) is 0 Å². The molecule has 0 bridgehead atoms. The molecule has 1 aliphatic heterocycles. The van der Waals surface area contributed by atoms with Gasteiger partial charge in [-0.25, -0.2) is 4.79 Å². The predicted octanol–water partition coefficient (Wildman–Crippen LogP) is 1.73. The summed E-state index contributed by atoms with van der Waals surface area (Å²) in [7, 11) is 0. The van der Waals surface area contributed by atoms with Crippen molar-refractivity contribution in [2.24, 2.45) is 5.92 Å². The molecule has 24 heavy (non-hydrogen) atoms. The first kappa shape index (κ1) is 19.1. The second-order valence-electron chi connectivity index (χ2n) is 7.75. The van der Waals surface area contributed by atoms with Gasteiger partial charge in [0, 0.05) is 6.54 Å². The van der Waals surface area contributed by atoms with Crippen molar-refractivity contribution in [3.63, 3.8) is 0 Å². The molecule has 0 aromatic heterocycles. The Kier molecular flexibility index (Phi) is 6.22. The molecule has 138 valence electrons. The molecule has 0 radical (unpaired) electrons. The van der Waals surface area contributed by atoms with Gasteiger partial charge >= 0.3 is 11.9 Å². The van der Waals surface area contributed by atoms with Crippen LogP contribution in [0, 0.1) is 5.92 Å². The van der Waals surface area contributed by atoms with Crippen molar-refractivity contribution in [2.45, 2.75) is 83.1 Å². The number of hydroxylamine groups is 2. The lowest BCUT2D eigenvalue weighted by Gasteiger charge is -2.34. The third-order valence-corrected chi connectivity index (χ3v) is 4.57. The van der Waals surface area contributed by atoms with Crippen molar-refractivity contribution >= 4 is 11.9 Å². The van der Waals surface area contributed by atoms with Gasteiger partial charge in [0.25, 0.3) is 0 Å². The standard InChI is InChI=1S/C17H29NO6/c1-17(2,3)23-16(22)14(19)13-5-4-10-18(13)24-12-8-6-11(7-9-12)15(20)21/h11-14,19H,4-10H2,1-3H3,(H,20,21). The molecule has 7 heteroatoms. The molecule has 2 N–H and O–H groups in total. The summed E-state index contributed by atoms with van der Waals surface area (Å²) in [4.78, 5) is 29.0. The molecule has 1 saturated carbocycles. The van der Waals surface area contributed by atoms with Crippen LogP contribution in [0.5, 0.6) is 0 Å². The molecule has 1 aliphatic carbocycles. The average molecular weight is 343 g/mol. The maximum Gasteiger partial charge on any atom is 0.337 e. The van der Waals surface area contributed by atoms with Crippen LogP contribution in [-0.2, 0) is 19.2 Å². The Morgan fingerprint density at radius 3 is 2.29 bits per heavy atom. The summed E-state index contributed by atoms with van der Waals surface area (Å²) in [6, 6.07) is -0.406. The van der Waals surface area contributed by atoms with Crippen LogP contribution in [-0.4, -0.2) is 57.6 Å². The third-order valence-electron chi connectivity index (χ3n) is 4.57. The number of carbonyl (C=O) groups excluding carboxylic acids is 1. The van der Waals surface area contributed by atoms with Gasteiger partial charge in [0.1, 0.15) is 5.60 Å².